The standard InChI is InChI=1S/C16H23ClO4/c1-3-8-20-14-11-15(21-9-4-2)13(17)10-12(14)6-5-7-16(18)19/h10-11H,3-9H2,1-2H3,(H,18,19). The van der Waals surface area contributed by atoms with Gasteiger partial charge in [-0.25, -0.2) is 0 Å². The van der Waals surface area contributed by atoms with Gasteiger partial charge in [-0.1, -0.05) is 25.4 Å². The lowest BCUT2D eigenvalue weighted by Crippen LogP contribution is -2.03. The Balaban J connectivity index is 2.86. The molecule has 0 aliphatic rings. The number of hydrogen-bond acceptors (Lipinski definition) is 3. The highest BCUT2D eigenvalue weighted by Gasteiger charge is 2.11. The van der Waals surface area contributed by atoms with E-state index in [1.165, 1.54) is 0 Å². The summed E-state index contributed by atoms with van der Waals surface area (Å²) in [6, 6.07) is 3.63. The Bertz CT molecular complexity index is 460. The minimum absolute atomic E-state index is 0.138. The SMILES string of the molecule is CCCOc1cc(OCCC)c(CCCC(=O)O)cc1Cl. The molecule has 0 fully saturated rings. The fraction of sp³-hybridized carbons (Fsp3) is 0.562. The molecular weight excluding hydrogens is 292 g/mol. The Kier molecular flexibility index (Phi) is 7.98. The predicted octanol–water partition coefficient (Wildman–Crippen LogP) is 4.32. The Morgan fingerprint density at radius 3 is 2.33 bits per heavy atom. The van der Waals surface area contributed by atoms with Crippen LogP contribution in [-0.2, 0) is 11.2 Å². The van der Waals surface area contributed by atoms with E-state index in [0.717, 1.165) is 24.2 Å². The molecular formula is C16H23ClO4. The van der Waals surface area contributed by atoms with Crippen molar-refractivity contribution < 1.29 is 19.4 Å². The normalized spacial score (nSPS) is 10.4. The molecule has 0 saturated carbocycles. The van der Waals surface area contributed by atoms with E-state index >= 15 is 0 Å². The smallest absolute Gasteiger partial charge is 0.303 e. The van der Waals surface area contributed by atoms with Crippen LogP contribution in [-0.4, -0.2) is 24.3 Å². The molecule has 0 atom stereocenters. The largest absolute Gasteiger partial charge is 0.493 e. The number of hydrogen-bond donors (Lipinski definition) is 1. The highest BCUT2D eigenvalue weighted by Crippen LogP contribution is 2.34. The van der Waals surface area contributed by atoms with Crippen LogP contribution < -0.4 is 9.47 Å². The summed E-state index contributed by atoms with van der Waals surface area (Å²) in [5, 5.41) is 9.26. The fourth-order valence-corrected chi connectivity index (χ4v) is 2.11. The Labute approximate surface area is 131 Å². The second-order valence-electron chi connectivity index (χ2n) is 4.83. The van der Waals surface area contributed by atoms with Crippen LogP contribution in [0.1, 0.15) is 45.1 Å². The number of carboxylic acids is 1. The van der Waals surface area contributed by atoms with E-state index < -0.39 is 5.97 Å². The molecule has 1 rings (SSSR count). The summed E-state index contributed by atoms with van der Waals surface area (Å²) >= 11 is 6.22. The molecule has 0 aromatic heterocycles. The van der Waals surface area contributed by atoms with Crippen LogP contribution in [0.25, 0.3) is 0 Å². The summed E-state index contributed by atoms with van der Waals surface area (Å²) in [5.41, 5.74) is 0.929. The van der Waals surface area contributed by atoms with Gasteiger partial charge in [-0.3, -0.25) is 4.79 Å². The molecule has 0 spiro atoms. The highest BCUT2D eigenvalue weighted by molar-refractivity contribution is 6.32. The number of ether oxygens (including phenoxy) is 2. The van der Waals surface area contributed by atoms with Crippen molar-refractivity contribution in [2.24, 2.45) is 0 Å². The number of aryl methyl sites for hydroxylation is 1. The summed E-state index contributed by atoms with van der Waals surface area (Å²) < 4.78 is 11.3. The van der Waals surface area contributed by atoms with Crippen LogP contribution in [0.15, 0.2) is 12.1 Å². The van der Waals surface area contributed by atoms with E-state index in [-0.39, 0.29) is 6.42 Å². The van der Waals surface area contributed by atoms with Crippen molar-refractivity contribution in [1.82, 2.24) is 0 Å². The third-order valence-corrected chi connectivity index (χ3v) is 3.17. The Morgan fingerprint density at radius 2 is 1.76 bits per heavy atom. The lowest BCUT2D eigenvalue weighted by atomic mass is 10.1. The van der Waals surface area contributed by atoms with Gasteiger partial charge >= 0.3 is 5.97 Å². The van der Waals surface area contributed by atoms with Crippen LogP contribution >= 0.6 is 11.6 Å². The average molecular weight is 315 g/mol. The van der Waals surface area contributed by atoms with Gasteiger partial charge in [0.15, 0.2) is 0 Å². The molecule has 21 heavy (non-hydrogen) atoms. The molecule has 0 saturated heterocycles. The summed E-state index contributed by atoms with van der Waals surface area (Å²) in [7, 11) is 0. The van der Waals surface area contributed by atoms with Crippen molar-refractivity contribution in [2.45, 2.75) is 46.0 Å². The van der Waals surface area contributed by atoms with Gasteiger partial charge in [-0.2, -0.15) is 0 Å². The van der Waals surface area contributed by atoms with Gasteiger partial charge in [0.05, 0.1) is 18.2 Å². The van der Waals surface area contributed by atoms with Crippen molar-refractivity contribution in [3.63, 3.8) is 0 Å². The highest BCUT2D eigenvalue weighted by atomic mass is 35.5. The maximum absolute atomic E-state index is 10.6. The van der Waals surface area contributed by atoms with E-state index in [0.29, 0.717) is 36.8 Å². The van der Waals surface area contributed by atoms with E-state index in [1.807, 2.05) is 26.0 Å². The first-order valence-corrected chi connectivity index (χ1v) is 7.76. The van der Waals surface area contributed by atoms with Crippen molar-refractivity contribution in [1.29, 1.82) is 0 Å². The number of aliphatic carboxylic acids is 1. The number of carbonyl (C=O) groups is 1. The molecule has 0 radical (unpaired) electrons. The predicted molar refractivity (Wildman–Crippen MR) is 83.6 cm³/mol. The average Bonchev–Trinajstić information content (AvgIpc) is 2.44. The van der Waals surface area contributed by atoms with Crippen molar-refractivity contribution in [3.8, 4) is 11.5 Å². The van der Waals surface area contributed by atoms with Gasteiger partial charge in [-0.05, 0) is 37.3 Å². The second-order valence-corrected chi connectivity index (χ2v) is 5.24. The lowest BCUT2D eigenvalue weighted by Gasteiger charge is -2.15. The van der Waals surface area contributed by atoms with E-state index in [4.69, 9.17) is 26.2 Å². The third-order valence-electron chi connectivity index (χ3n) is 2.88. The van der Waals surface area contributed by atoms with E-state index in [1.54, 1.807) is 0 Å². The van der Waals surface area contributed by atoms with Crippen LogP contribution in [0.4, 0.5) is 0 Å². The molecule has 5 heteroatoms. The molecule has 0 bridgehead atoms. The monoisotopic (exact) mass is 314 g/mol. The molecule has 1 aromatic rings. The zero-order chi connectivity index (χ0) is 15.7. The lowest BCUT2D eigenvalue weighted by molar-refractivity contribution is -0.137. The number of rotatable bonds is 10. The molecule has 4 nitrogen and oxygen atoms in total. The quantitative estimate of drug-likeness (QED) is 0.698. The zero-order valence-corrected chi connectivity index (χ0v) is 13.4. The van der Waals surface area contributed by atoms with Gasteiger partial charge in [0, 0.05) is 12.5 Å². The molecule has 0 aliphatic heterocycles. The van der Waals surface area contributed by atoms with Gasteiger partial charge in [0.25, 0.3) is 0 Å². The van der Waals surface area contributed by atoms with Crippen LogP contribution in [0.3, 0.4) is 0 Å². The molecule has 118 valence electrons. The first kappa shape index (κ1) is 17.6. The second kappa shape index (κ2) is 9.50. The summed E-state index contributed by atoms with van der Waals surface area (Å²) in [6.07, 6.45) is 3.13. The van der Waals surface area contributed by atoms with Crippen LogP contribution in [0.2, 0.25) is 5.02 Å². The van der Waals surface area contributed by atoms with Gasteiger partial charge in [-0.15, -0.1) is 0 Å². The molecule has 0 unspecified atom stereocenters. The maximum Gasteiger partial charge on any atom is 0.303 e. The van der Waals surface area contributed by atoms with Gasteiger partial charge in [0.1, 0.15) is 11.5 Å². The topological polar surface area (TPSA) is 55.8 Å². The molecule has 0 aliphatic carbocycles. The minimum Gasteiger partial charge on any atom is -0.493 e. The first-order valence-electron chi connectivity index (χ1n) is 7.38. The summed E-state index contributed by atoms with van der Waals surface area (Å²) in [4.78, 5) is 10.6. The summed E-state index contributed by atoms with van der Waals surface area (Å²) in [6.45, 7) is 5.28. The summed E-state index contributed by atoms with van der Waals surface area (Å²) in [5.74, 6) is 0.560. The van der Waals surface area contributed by atoms with E-state index in [2.05, 4.69) is 0 Å². The zero-order valence-electron chi connectivity index (χ0n) is 12.7. The van der Waals surface area contributed by atoms with Crippen LogP contribution in [0, 0.1) is 0 Å². The van der Waals surface area contributed by atoms with E-state index in [9.17, 15) is 4.79 Å². The minimum atomic E-state index is -0.792. The van der Waals surface area contributed by atoms with Gasteiger partial charge in [0.2, 0.25) is 0 Å². The Morgan fingerprint density at radius 1 is 1.14 bits per heavy atom. The van der Waals surface area contributed by atoms with Crippen molar-refractivity contribution in [3.05, 3.63) is 22.7 Å². The number of benzene rings is 1. The molecule has 1 N–H and O–H groups in total. The number of carboxylic acid groups (broad SMARTS) is 1. The van der Waals surface area contributed by atoms with Crippen molar-refractivity contribution >= 4 is 17.6 Å². The van der Waals surface area contributed by atoms with Crippen LogP contribution in [0.5, 0.6) is 11.5 Å². The maximum atomic E-state index is 10.6. The number of halogens is 1. The molecule has 0 amide bonds. The Hall–Kier alpha value is -1.42. The third kappa shape index (κ3) is 6.25. The fourth-order valence-electron chi connectivity index (χ4n) is 1.87. The first-order chi connectivity index (χ1) is 10.1. The van der Waals surface area contributed by atoms with Gasteiger partial charge < -0.3 is 14.6 Å². The molecule has 0 heterocycles. The van der Waals surface area contributed by atoms with Crippen molar-refractivity contribution in [2.75, 3.05) is 13.2 Å². The molecule has 1 aromatic carbocycles.